The number of anilines is 1. The summed E-state index contributed by atoms with van der Waals surface area (Å²) in [4.78, 5) is 13.2. The smallest absolute Gasteiger partial charge is 0.280 e. The van der Waals surface area contributed by atoms with Gasteiger partial charge in [0.25, 0.3) is 5.91 Å². The van der Waals surface area contributed by atoms with Crippen molar-refractivity contribution in [3.63, 3.8) is 0 Å². The fourth-order valence-corrected chi connectivity index (χ4v) is 3.43. The number of ether oxygens (including phenoxy) is 1. The third kappa shape index (κ3) is 4.56. The van der Waals surface area contributed by atoms with E-state index in [1.807, 2.05) is 60.7 Å². The van der Waals surface area contributed by atoms with Crippen LogP contribution in [-0.2, 0) is 11.4 Å². The van der Waals surface area contributed by atoms with E-state index in [4.69, 9.17) is 4.74 Å². The first-order valence-corrected chi connectivity index (χ1v) is 10.3. The number of amides is 1. The van der Waals surface area contributed by atoms with E-state index >= 15 is 0 Å². The normalized spacial score (nSPS) is 14.8. The van der Waals surface area contributed by atoms with Crippen LogP contribution in [0.2, 0.25) is 0 Å². The number of para-hydroxylation sites is 2. The fourth-order valence-electron chi connectivity index (χ4n) is 3.43. The van der Waals surface area contributed by atoms with Crippen LogP contribution in [0, 0.1) is 5.82 Å². The minimum absolute atomic E-state index is 0.104. The summed E-state index contributed by atoms with van der Waals surface area (Å²) in [6.07, 6.45) is 3.38. The molecule has 0 radical (unpaired) electrons. The molecular weight excluding hydrogens is 391 g/mol. The Labute approximate surface area is 181 Å². The standard InChI is InChI=1S/C26H23FN2O2/c1-2-10-24-22(26(30)29(28-24)21-13-4-3-5-14-21)17-19-11-7-9-16-25(19)31-18-20-12-6-8-15-23(20)27/h3-9,11-17H,2,10,18H2,1H3/b22-17-. The molecule has 0 saturated carbocycles. The van der Waals surface area contributed by atoms with E-state index in [1.54, 1.807) is 18.2 Å². The maximum absolute atomic E-state index is 14.0. The highest BCUT2D eigenvalue weighted by atomic mass is 19.1. The number of rotatable bonds is 7. The SMILES string of the molecule is CCCC1=NN(c2ccccc2)C(=O)/C1=C\c1ccccc1OCc1ccccc1F. The van der Waals surface area contributed by atoms with E-state index in [-0.39, 0.29) is 18.3 Å². The summed E-state index contributed by atoms with van der Waals surface area (Å²) in [5.74, 6) is 0.110. The van der Waals surface area contributed by atoms with Crippen LogP contribution >= 0.6 is 0 Å². The molecule has 3 aromatic rings. The van der Waals surface area contributed by atoms with E-state index in [2.05, 4.69) is 12.0 Å². The van der Waals surface area contributed by atoms with Gasteiger partial charge in [0.15, 0.2) is 0 Å². The summed E-state index contributed by atoms with van der Waals surface area (Å²) in [7, 11) is 0. The Morgan fingerprint density at radius 3 is 2.45 bits per heavy atom. The number of halogens is 1. The van der Waals surface area contributed by atoms with Gasteiger partial charge >= 0.3 is 0 Å². The molecule has 3 aromatic carbocycles. The average molecular weight is 414 g/mol. The van der Waals surface area contributed by atoms with Crippen LogP contribution in [0.25, 0.3) is 6.08 Å². The molecule has 4 nitrogen and oxygen atoms in total. The minimum Gasteiger partial charge on any atom is -0.488 e. The largest absolute Gasteiger partial charge is 0.488 e. The molecule has 1 heterocycles. The molecule has 0 bridgehead atoms. The van der Waals surface area contributed by atoms with Gasteiger partial charge in [-0.3, -0.25) is 4.79 Å². The van der Waals surface area contributed by atoms with E-state index < -0.39 is 0 Å². The molecule has 4 rings (SSSR count). The maximum atomic E-state index is 14.0. The Kier molecular flexibility index (Phi) is 6.22. The zero-order valence-corrected chi connectivity index (χ0v) is 17.3. The Morgan fingerprint density at radius 1 is 0.968 bits per heavy atom. The van der Waals surface area contributed by atoms with Crippen LogP contribution in [-0.4, -0.2) is 11.6 Å². The zero-order valence-electron chi connectivity index (χ0n) is 17.3. The molecule has 0 atom stereocenters. The van der Waals surface area contributed by atoms with E-state index in [1.165, 1.54) is 11.1 Å². The molecule has 1 amide bonds. The highest BCUT2D eigenvalue weighted by Crippen LogP contribution is 2.29. The van der Waals surface area contributed by atoms with Crippen LogP contribution in [0.5, 0.6) is 5.75 Å². The van der Waals surface area contributed by atoms with Gasteiger partial charge in [0.2, 0.25) is 0 Å². The first kappa shape index (κ1) is 20.5. The van der Waals surface area contributed by atoms with Gasteiger partial charge in [0.05, 0.1) is 17.0 Å². The van der Waals surface area contributed by atoms with Crippen molar-refractivity contribution in [3.8, 4) is 5.75 Å². The second-order valence-corrected chi connectivity index (χ2v) is 7.23. The van der Waals surface area contributed by atoms with Gasteiger partial charge in [-0.2, -0.15) is 10.1 Å². The van der Waals surface area contributed by atoms with Crippen LogP contribution < -0.4 is 9.75 Å². The van der Waals surface area contributed by atoms with Gasteiger partial charge < -0.3 is 4.74 Å². The number of carbonyl (C=O) groups excluding carboxylic acids is 1. The number of carbonyl (C=O) groups is 1. The molecule has 1 aliphatic rings. The molecule has 0 aromatic heterocycles. The second-order valence-electron chi connectivity index (χ2n) is 7.23. The molecule has 0 aliphatic carbocycles. The van der Waals surface area contributed by atoms with Gasteiger partial charge in [0.1, 0.15) is 18.2 Å². The highest BCUT2D eigenvalue weighted by molar-refractivity contribution is 6.32. The quantitative estimate of drug-likeness (QED) is 0.446. The van der Waals surface area contributed by atoms with Crippen molar-refractivity contribution in [2.75, 3.05) is 5.01 Å². The van der Waals surface area contributed by atoms with Crippen LogP contribution in [0.4, 0.5) is 10.1 Å². The van der Waals surface area contributed by atoms with Crippen molar-refractivity contribution in [1.82, 2.24) is 0 Å². The van der Waals surface area contributed by atoms with Crippen molar-refractivity contribution in [2.24, 2.45) is 5.10 Å². The molecule has 156 valence electrons. The van der Waals surface area contributed by atoms with E-state index in [9.17, 15) is 9.18 Å². The third-order valence-corrected chi connectivity index (χ3v) is 5.00. The molecule has 0 fully saturated rings. The van der Waals surface area contributed by atoms with Crippen molar-refractivity contribution in [3.05, 3.63) is 101 Å². The summed E-state index contributed by atoms with van der Waals surface area (Å²) in [5, 5.41) is 6.03. The molecular formula is C26H23FN2O2. The third-order valence-electron chi connectivity index (χ3n) is 5.00. The number of nitrogens with zero attached hydrogens (tertiary/aromatic N) is 2. The molecule has 1 aliphatic heterocycles. The predicted molar refractivity (Wildman–Crippen MR) is 121 cm³/mol. The van der Waals surface area contributed by atoms with Crippen LogP contribution in [0.3, 0.4) is 0 Å². The lowest BCUT2D eigenvalue weighted by Gasteiger charge is -2.12. The van der Waals surface area contributed by atoms with Gasteiger partial charge in [0, 0.05) is 11.1 Å². The second kappa shape index (κ2) is 9.39. The first-order chi connectivity index (χ1) is 15.2. The van der Waals surface area contributed by atoms with E-state index in [0.717, 1.165) is 23.4 Å². The van der Waals surface area contributed by atoms with Gasteiger partial charge in [-0.15, -0.1) is 0 Å². The van der Waals surface area contributed by atoms with Crippen LogP contribution in [0.15, 0.2) is 89.5 Å². The fraction of sp³-hybridized carbons (Fsp3) is 0.154. The summed E-state index contributed by atoms with van der Waals surface area (Å²) in [5.41, 5.74) is 3.26. The molecule has 0 unspecified atom stereocenters. The van der Waals surface area contributed by atoms with Crippen molar-refractivity contribution < 1.29 is 13.9 Å². The number of hydrazone groups is 1. The lowest BCUT2D eigenvalue weighted by atomic mass is 10.0. The summed E-state index contributed by atoms with van der Waals surface area (Å²) in [6.45, 7) is 2.16. The van der Waals surface area contributed by atoms with Gasteiger partial charge in [-0.25, -0.2) is 4.39 Å². The van der Waals surface area contributed by atoms with Gasteiger partial charge in [-0.1, -0.05) is 67.9 Å². The number of benzene rings is 3. The average Bonchev–Trinajstić information content (AvgIpc) is 3.10. The van der Waals surface area contributed by atoms with Crippen molar-refractivity contribution in [2.45, 2.75) is 26.4 Å². The summed E-state index contributed by atoms with van der Waals surface area (Å²) in [6, 6.07) is 23.4. The summed E-state index contributed by atoms with van der Waals surface area (Å²) < 4.78 is 19.9. The Morgan fingerprint density at radius 2 is 1.68 bits per heavy atom. The number of hydrogen-bond acceptors (Lipinski definition) is 3. The first-order valence-electron chi connectivity index (χ1n) is 10.3. The maximum Gasteiger partial charge on any atom is 0.280 e. The lowest BCUT2D eigenvalue weighted by molar-refractivity contribution is -0.114. The minimum atomic E-state index is -0.305. The van der Waals surface area contributed by atoms with Crippen molar-refractivity contribution in [1.29, 1.82) is 0 Å². The topological polar surface area (TPSA) is 41.9 Å². The number of hydrogen-bond donors (Lipinski definition) is 0. The van der Waals surface area contributed by atoms with E-state index in [0.29, 0.717) is 23.3 Å². The molecule has 31 heavy (non-hydrogen) atoms. The molecule has 5 heteroatoms. The van der Waals surface area contributed by atoms with Crippen molar-refractivity contribution >= 4 is 23.4 Å². The highest BCUT2D eigenvalue weighted by Gasteiger charge is 2.30. The molecule has 0 saturated heterocycles. The monoisotopic (exact) mass is 414 g/mol. The lowest BCUT2D eigenvalue weighted by Crippen LogP contribution is -2.21. The Hall–Kier alpha value is -3.73. The Balaban J connectivity index is 1.64. The van der Waals surface area contributed by atoms with Crippen LogP contribution in [0.1, 0.15) is 30.9 Å². The zero-order chi connectivity index (χ0) is 21.6. The summed E-state index contributed by atoms with van der Waals surface area (Å²) >= 11 is 0. The molecule has 0 N–H and O–H groups in total. The Bertz CT molecular complexity index is 1140. The molecule has 0 spiro atoms. The predicted octanol–water partition coefficient (Wildman–Crippen LogP) is 5.99. The van der Waals surface area contributed by atoms with Gasteiger partial charge in [-0.05, 0) is 36.8 Å².